The van der Waals surface area contributed by atoms with Crippen molar-refractivity contribution in [1.29, 1.82) is 0 Å². The van der Waals surface area contributed by atoms with Gasteiger partial charge in [-0.2, -0.15) is 0 Å². The van der Waals surface area contributed by atoms with Crippen LogP contribution in [-0.2, 0) is 19.1 Å². The van der Waals surface area contributed by atoms with Crippen LogP contribution >= 0.6 is 45.2 Å². The highest BCUT2D eigenvalue weighted by Crippen LogP contribution is 2.14. The standard InChI is InChI=1S/C25H46I2O4/c26-20-18-24(28)30-22-16-14-12-10-8-6-4-2-1-3-5-7-9-11-13-15-17-23-31-25(29)19-21-27/h1-23H2. The first-order chi connectivity index (χ1) is 15.2. The van der Waals surface area contributed by atoms with Gasteiger partial charge in [-0.05, 0) is 12.8 Å². The average molecular weight is 664 g/mol. The third-order valence-electron chi connectivity index (χ3n) is 5.41. The fourth-order valence-electron chi connectivity index (χ4n) is 3.53. The number of carbonyl (C=O) groups excluding carboxylic acids is 2. The Kier molecular flexibility index (Phi) is 27.0. The van der Waals surface area contributed by atoms with E-state index in [0.29, 0.717) is 26.1 Å². The molecule has 0 unspecified atom stereocenters. The summed E-state index contributed by atoms with van der Waals surface area (Å²) in [4.78, 5) is 22.5. The van der Waals surface area contributed by atoms with Crippen LogP contribution < -0.4 is 0 Å². The van der Waals surface area contributed by atoms with Gasteiger partial charge in [0, 0.05) is 8.86 Å². The van der Waals surface area contributed by atoms with Crippen LogP contribution in [0.15, 0.2) is 0 Å². The molecule has 0 aromatic carbocycles. The van der Waals surface area contributed by atoms with Crippen molar-refractivity contribution < 1.29 is 19.1 Å². The molecule has 6 heteroatoms. The van der Waals surface area contributed by atoms with Crippen LogP contribution in [0.4, 0.5) is 0 Å². The van der Waals surface area contributed by atoms with Crippen LogP contribution in [0.25, 0.3) is 0 Å². The van der Waals surface area contributed by atoms with Crippen LogP contribution in [0.3, 0.4) is 0 Å². The van der Waals surface area contributed by atoms with E-state index in [1.54, 1.807) is 0 Å². The van der Waals surface area contributed by atoms with E-state index < -0.39 is 0 Å². The van der Waals surface area contributed by atoms with Crippen molar-refractivity contribution >= 4 is 57.1 Å². The number of hydrogen-bond acceptors (Lipinski definition) is 4. The first-order valence-electron chi connectivity index (χ1n) is 12.6. The molecule has 0 amide bonds. The van der Waals surface area contributed by atoms with E-state index in [0.717, 1.165) is 21.7 Å². The summed E-state index contributed by atoms with van der Waals surface area (Å²) in [6, 6.07) is 0. The van der Waals surface area contributed by atoms with Gasteiger partial charge in [0.1, 0.15) is 0 Å². The van der Waals surface area contributed by atoms with E-state index in [1.807, 2.05) is 0 Å². The summed E-state index contributed by atoms with van der Waals surface area (Å²) in [5.74, 6) is -0.0965. The van der Waals surface area contributed by atoms with Crippen molar-refractivity contribution in [2.24, 2.45) is 0 Å². The number of halogens is 2. The Morgan fingerprint density at radius 3 is 0.871 bits per heavy atom. The number of unbranched alkanes of at least 4 members (excludes halogenated alkanes) is 16. The molecule has 0 aliphatic rings. The second-order valence-electron chi connectivity index (χ2n) is 8.33. The Balaban J connectivity index is 3.08. The lowest BCUT2D eigenvalue weighted by Gasteiger charge is -2.05. The summed E-state index contributed by atoms with van der Waals surface area (Å²) in [5, 5.41) is 0. The van der Waals surface area contributed by atoms with Gasteiger partial charge in [-0.15, -0.1) is 0 Å². The molecular weight excluding hydrogens is 618 g/mol. The molecular formula is C25H46I2O4. The molecule has 0 spiro atoms. The maximum absolute atomic E-state index is 11.2. The van der Waals surface area contributed by atoms with Crippen LogP contribution in [0.1, 0.15) is 122 Å². The Labute approximate surface area is 219 Å². The van der Waals surface area contributed by atoms with Crippen LogP contribution in [0.5, 0.6) is 0 Å². The molecule has 0 radical (unpaired) electrons. The number of hydrogen-bond donors (Lipinski definition) is 0. The van der Waals surface area contributed by atoms with Gasteiger partial charge in [-0.1, -0.05) is 141 Å². The van der Waals surface area contributed by atoms with E-state index in [-0.39, 0.29) is 11.9 Å². The number of ether oxygens (including phenoxy) is 2. The van der Waals surface area contributed by atoms with E-state index in [4.69, 9.17) is 9.47 Å². The van der Waals surface area contributed by atoms with Gasteiger partial charge in [0.25, 0.3) is 0 Å². The van der Waals surface area contributed by atoms with Crippen LogP contribution in [0, 0.1) is 0 Å². The Morgan fingerprint density at radius 2 is 0.645 bits per heavy atom. The molecule has 0 atom stereocenters. The maximum Gasteiger partial charge on any atom is 0.306 e. The monoisotopic (exact) mass is 664 g/mol. The van der Waals surface area contributed by atoms with Gasteiger partial charge >= 0.3 is 11.9 Å². The van der Waals surface area contributed by atoms with Crippen molar-refractivity contribution in [2.45, 2.75) is 122 Å². The molecule has 184 valence electrons. The molecule has 31 heavy (non-hydrogen) atoms. The van der Waals surface area contributed by atoms with E-state index >= 15 is 0 Å². The summed E-state index contributed by atoms with van der Waals surface area (Å²) >= 11 is 4.40. The van der Waals surface area contributed by atoms with Crippen molar-refractivity contribution in [1.82, 2.24) is 0 Å². The summed E-state index contributed by atoms with van der Waals surface area (Å²) in [7, 11) is 0. The molecule has 0 aliphatic carbocycles. The predicted octanol–water partition coefficient (Wildman–Crippen LogP) is 8.35. The van der Waals surface area contributed by atoms with Crippen LogP contribution in [0.2, 0.25) is 0 Å². The number of alkyl halides is 2. The second-order valence-corrected chi connectivity index (χ2v) is 10.5. The molecule has 0 heterocycles. The van der Waals surface area contributed by atoms with Gasteiger partial charge in [-0.25, -0.2) is 0 Å². The fraction of sp³-hybridized carbons (Fsp3) is 0.920. The minimum absolute atomic E-state index is 0.0482. The lowest BCUT2D eigenvalue weighted by Crippen LogP contribution is -2.05. The molecule has 0 fully saturated rings. The molecule has 0 N–H and O–H groups in total. The summed E-state index contributed by atoms with van der Waals surface area (Å²) in [5.41, 5.74) is 0. The van der Waals surface area contributed by atoms with Gasteiger partial charge in [0.05, 0.1) is 26.1 Å². The zero-order valence-electron chi connectivity index (χ0n) is 19.7. The lowest BCUT2D eigenvalue weighted by atomic mass is 10.0. The van der Waals surface area contributed by atoms with Gasteiger partial charge < -0.3 is 9.47 Å². The summed E-state index contributed by atoms with van der Waals surface area (Å²) in [6.45, 7) is 1.21. The average Bonchev–Trinajstić information content (AvgIpc) is 2.75. The smallest absolute Gasteiger partial charge is 0.306 e. The van der Waals surface area contributed by atoms with E-state index in [9.17, 15) is 9.59 Å². The number of carbonyl (C=O) groups is 2. The molecule has 0 aromatic rings. The van der Waals surface area contributed by atoms with E-state index in [1.165, 1.54) is 96.3 Å². The summed E-state index contributed by atoms with van der Waals surface area (Å²) < 4.78 is 12.0. The second kappa shape index (κ2) is 26.7. The Hall–Kier alpha value is 0.400. The topological polar surface area (TPSA) is 52.6 Å². The largest absolute Gasteiger partial charge is 0.466 e. The quantitative estimate of drug-likeness (QED) is 0.0451. The first-order valence-corrected chi connectivity index (χ1v) is 15.7. The third kappa shape index (κ3) is 26.5. The normalized spacial score (nSPS) is 10.9. The highest BCUT2D eigenvalue weighted by atomic mass is 127. The lowest BCUT2D eigenvalue weighted by molar-refractivity contribution is -0.144. The fourth-order valence-corrected chi connectivity index (χ4v) is 4.41. The van der Waals surface area contributed by atoms with Crippen molar-refractivity contribution in [2.75, 3.05) is 22.1 Å². The molecule has 0 saturated carbocycles. The molecule has 0 saturated heterocycles. The molecule has 0 bridgehead atoms. The molecule has 0 aliphatic heterocycles. The molecule has 0 rings (SSSR count). The van der Waals surface area contributed by atoms with Crippen molar-refractivity contribution in [3.05, 3.63) is 0 Å². The number of esters is 2. The van der Waals surface area contributed by atoms with Gasteiger partial charge in [0.2, 0.25) is 0 Å². The Morgan fingerprint density at radius 1 is 0.419 bits per heavy atom. The highest BCUT2D eigenvalue weighted by Gasteiger charge is 2.01. The van der Waals surface area contributed by atoms with Gasteiger partial charge in [0.15, 0.2) is 0 Å². The first kappa shape index (κ1) is 31.4. The maximum atomic E-state index is 11.2. The van der Waals surface area contributed by atoms with Gasteiger partial charge in [-0.3, -0.25) is 9.59 Å². The molecule has 4 nitrogen and oxygen atoms in total. The summed E-state index contributed by atoms with van der Waals surface area (Å²) in [6.07, 6.45) is 23.1. The zero-order valence-corrected chi connectivity index (χ0v) is 24.0. The van der Waals surface area contributed by atoms with Crippen molar-refractivity contribution in [3.63, 3.8) is 0 Å². The third-order valence-corrected chi connectivity index (χ3v) is 6.49. The predicted molar refractivity (Wildman–Crippen MR) is 147 cm³/mol. The van der Waals surface area contributed by atoms with Crippen LogP contribution in [-0.4, -0.2) is 34.0 Å². The molecule has 0 aromatic heterocycles. The highest BCUT2D eigenvalue weighted by molar-refractivity contribution is 14.1. The van der Waals surface area contributed by atoms with Crippen molar-refractivity contribution in [3.8, 4) is 0 Å². The SMILES string of the molecule is O=C(CCI)OCCCCCCCCCCCCCCCCCCCOC(=O)CCI. The zero-order chi connectivity index (χ0) is 22.8. The minimum atomic E-state index is -0.0482. The number of rotatable bonds is 24. The van der Waals surface area contributed by atoms with E-state index in [2.05, 4.69) is 45.2 Å². The Bertz CT molecular complexity index is 369. The minimum Gasteiger partial charge on any atom is -0.466 e.